The van der Waals surface area contributed by atoms with Gasteiger partial charge in [0.1, 0.15) is 17.4 Å². The standard InChI is InChI=1S/C25H27N5O2.C4H10.C2H6/c1-17-4-11-23(28-15-17)29-25(31)21-14-20(32-2)9-10-22(21)27-16-18-5-7-19(8-6-18)24(26)30-12-3-13-30;1-3-4-2;1-2/h4-11,14-15,26-27H,3,12-13,16H2,1-2H3,(H,28,29,31);3-4H2,1-2H3;1-2H3. The van der Waals surface area contributed by atoms with Gasteiger partial charge in [0.05, 0.1) is 12.7 Å². The number of pyridine rings is 1. The second-order valence-corrected chi connectivity index (χ2v) is 8.83. The van der Waals surface area contributed by atoms with E-state index in [-0.39, 0.29) is 5.91 Å². The Labute approximate surface area is 228 Å². The van der Waals surface area contributed by atoms with E-state index in [0.29, 0.717) is 35.2 Å². The topological polar surface area (TPSA) is 90.3 Å². The van der Waals surface area contributed by atoms with Gasteiger partial charge in [-0.3, -0.25) is 10.2 Å². The molecule has 0 radical (unpaired) electrons. The van der Waals surface area contributed by atoms with Crippen molar-refractivity contribution in [3.8, 4) is 5.75 Å². The van der Waals surface area contributed by atoms with Crippen molar-refractivity contribution in [3.63, 3.8) is 0 Å². The maximum absolute atomic E-state index is 12.9. The number of carbonyl (C=O) groups excluding carboxylic acids is 1. The second-order valence-electron chi connectivity index (χ2n) is 8.83. The predicted molar refractivity (Wildman–Crippen MR) is 159 cm³/mol. The first-order chi connectivity index (χ1) is 18.4. The Kier molecular flexibility index (Phi) is 12.8. The van der Waals surface area contributed by atoms with Gasteiger partial charge in [-0.15, -0.1) is 0 Å². The van der Waals surface area contributed by atoms with Gasteiger partial charge in [-0.05, 0) is 48.7 Å². The molecule has 204 valence electrons. The number of nitrogens with one attached hydrogen (secondary N) is 3. The summed E-state index contributed by atoms with van der Waals surface area (Å²) in [6.07, 6.45) is 5.51. The highest BCUT2D eigenvalue weighted by atomic mass is 16.5. The minimum absolute atomic E-state index is 0.263. The fourth-order valence-electron chi connectivity index (χ4n) is 3.42. The molecule has 0 aliphatic carbocycles. The number of methoxy groups -OCH3 is 1. The lowest BCUT2D eigenvalue weighted by molar-refractivity contribution is 0.102. The number of anilines is 2. The van der Waals surface area contributed by atoms with Gasteiger partial charge in [0.25, 0.3) is 5.91 Å². The van der Waals surface area contributed by atoms with E-state index in [9.17, 15) is 4.79 Å². The highest BCUT2D eigenvalue weighted by Crippen LogP contribution is 2.24. The zero-order chi connectivity index (χ0) is 27.9. The molecule has 0 spiro atoms. The van der Waals surface area contributed by atoms with E-state index in [0.717, 1.165) is 36.2 Å². The fraction of sp³-hybridized carbons (Fsp3) is 0.387. The molecule has 1 amide bonds. The number of likely N-dealkylation sites (tertiary alicyclic amines) is 1. The number of aromatic nitrogens is 1. The Morgan fingerprint density at radius 2 is 1.71 bits per heavy atom. The number of hydrogen-bond donors (Lipinski definition) is 3. The molecule has 1 saturated heterocycles. The van der Waals surface area contributed by atoms with Gasteiger partial charge in [-0.1, -0.05) is 70.9 Å². The third-order valence-electron chi connectivity index (χ3n) is 6.01. The van der Waals surface area contributed by atoms with Gasteiger partial charge in [-0.2, -0.15) is 0 Å². The summed E-state index contributed by atoms with van der Waals surface area (Å²) in [6.45, 7) is 12.8. The average molecular weight is 518 g/mol. The minimum atomic E-state index is -0.263. The molecule has 1 aliphatic heterocycles. The number of hydrogen-bond acceptors (Lipinski definition) is 5. The SMILES string of the molecule is CC.CCCC.COc1ccc(NCc2ccc(C(=N)N3CCC3)cc2)c(C(=O)Nc2ccc(C)cn2)c1. The van der Waals surface area contributed by atoms with Crippen LogP contribution in [0.1, 0.15) is 74.0 Å². The number of carbonyl (C=O) groups is 1. The van der Waals surface area contributed by atoms with E-state index in [1.165, 1.54) is 12.8 Å². The van der Waals surface area contributed by atoms with Crippen molar-refractivity contribution in [2.24, 2.45) is 0 Å². The number of nitrogens with zero attached hydrogens (tertiary/aromatic N) is 2. The maximum Gasteiger partial charge on any atom is 0.259 e. The molecule has 7 nitrogen and oxygen atoms in total. The normalized spacial score (nSPS) is 11.6. The Hall–Kier alpha value is -3.87. The molecule has 1 aliphatic rings. The van der Waals surface area contributed by atoms with Crippen LogP contribution in [0.4, 0.5) is 11.5 Å². The van der Waals surface area contributed by atoms with E-state index < -0.39 is 0 Å². The van der Waals surface area contributed by atoms with Crippen LogP contribution in [0.25, 0.3) is 0 Å². The van der Waals surface area contributed by atoms with Crippen LogP contribution >= 0.6 is 0 Å². The van der Waals surface area contributed by atoms with Gasteiger partial charge in [0, 0.05) is 37.1 Å². The Morgan fingerprint density at radius 1 is 1.03 bits per heavy atom. The smallest absolute Gasteiger partial charge is 0.259 e. The van der Waals surface area contributed by atoms with Gasteiger partial charge >= 0.3 is 0 Å². The van der Waals surface area contributed by atoms with Crippen molar-refractivity contribution in [1.29, 1.82) is 5.41 Å². The number of aryl methyl sites for hydroxylation is 1. The Morgan fingerprint density at radius 3 is 2.24 bits per heavy atom. The van der Waals surface area contributed by atoms with E-state index in [2.05, 4.69) is 34.4 Å². The number of unbranched alkanes of at least 4 members (excludes halogenated alkanes) is 1. The van der Waals surface area contributed by atoms with E-state index >= 15 is 0 Å². The number of rotatable bonds is 8. The highest BCUT2D eigenvalue weighted by Gasteiger charge is 2.18. The molecule has 2 aromatic carbocycles. The summed E-state index contributed by atoms with van der Waals surface area (Å²) in [5.74, 6) is 1.41. The number of benzene rings is 2. The molecule has 0 unspecified atom stereocenters. The first kappa shape index (κ1) is 30.4. The molecule has 0 atom stereocenters. The zero-order valence-electron chi connectivity index (χ0n) is 23.7. The van der Waals surface area contributed by atoms with Crippen LogP contribution in [0.5, 0.6) is 5.75 Å². The molecular formula is C31H43N5O2. The van der Waals surface area contributed by atoms with Crippen LogP contribution in [0.3, 0.4) is 0 Å². The minimum Gasteiger partial charge on any atom is -0.497 e. The zero-order valence-corrected chi connectivity index (χ0v) is 23.7. The molecule has 3 N–H and O–H groups in total. The summed E-state index contributed by atoms with van der Waals surface area (Å²) in [6, 6.07) is 17.0. The van der Waals surface area contributed by atoms with Gasteiger partial charge in [0.2, 0.25) is 0 Å². The third-order valence-corrected chi connectivity index (χ3v) is 6.01. The quantitative estimate of drug-likeness (QED) is 0.218. The Bertz CT molecular complexity index is 1140. The molecule has 0 saturated carbocycles. The molecule has 0 bridgehead atoms. The maximum atomic E-state index is 12.9. The molecule has 1 fully saturated rings. The highest BCUT2D eigenvalue weighted by molar-refractivity contribution is 6.08. The van der Waals surface area contributed by atoms with Crippen LogP contribution in [0.2, 0.25) is 0 Å². The molecule has 1 aromatic heterocycles. The summed E-state index contributed by atoms with van der Waals surface area (Å²) >= 11 is 0. The summed E-state index contributed by atoms with van der Waals surface area (Å²) in [4.78, 5) is 19.3. The Balaban J connectivity index is 0.000000773. The lowest BCUT2D eigenvalue weighted by Gasteiger charge is -2.33. The third kappa shape index (κ3) is 8.91. The van der Waals surface area contributed by atoms with Crippen LogP contribution in [0.15, 0.2) is 60.8 Å². The first-order valence-electron chi connectivity index (χ1n) is 13.5. The molecule has 4 rings (SSSR count). The van der Waals surface area contributed by atoms with Crippen molar-refractivity contribution in [1.82, 2.24) is 9.88 Å². The summed E-state index contributed by atoms with van der Waals surface area (Å²) in [5.41, 5.74) is 4.18. The number of amidine groups is 1. The molecular weight excluding hydrogens is 474 g/mol. The predicted octanol–water partition coefficient (Wildman–Crippen LogP) is 7.13. The van der Waals surface area contributed by atoms with Crippen molar-refractivity contribution < 1.29 is 9.53 Å². The van der Waals surface area contributed by atoms with Crippen molar-refractivity contribution >= 4 is 23.2 Å². The summed E-state index contributed by atoms with van der Waals surface area (Å²) in [7, 11) is 1.57. The van der Waals surface area contributed by atoms with Crippen LogP contribution in [-0.2, 0) is 6.54 Å². The van der Waals surface area contributed by atoms with Crippen molar-refractivity contribution in [2.45, 2.75) is 60.4 Å². The molecule has 2 heterocycles. The lowest BCUT2D eigenvalue weighted by Crippen LogP contribution is -2.42. The molecule has 7 heteroatoms. The van der Waals surface area contributed by atoms with E-state index in [4.69, 9.17) is 10.1 Å². The van der Waals surface area contributed by atoms with Crippen molar-refractivity contribution in [3.05, 3.63) is 83.0 Å². The summed E-state index contributed by atoms with van der Waals surface area (Å²) < 4.78 is 5.31. The monoisotopic (exact) mass is 517 g/mol. The molecule has 38 heavy (non-hydrogen) atoms. The first-order valence-corrected chi connectivity index (χ1v) is 13.5. The van der Waals surface area contributed by atoms with E-state index in [1.807, 2.05) is 63.2 Å². The van der Waals surface area contributed by atoms with Gasteiger partial charge in [0.15, 0.2) is 0 Å². The lowest BCUT2D eigenvalue weighted by atomic mass is 10.1. The van der Waals surface area contributed by atoms with Crippen LogP contribution < -0.4 is 15.4 Å². The second kappa shape index (κ2) is 16.1. The van der Waals surface area contributed by atoms with Gasteiger partial charge in [-0.25, -0.2) is 4.98 Å². The van der Waals surface area contributed by atoms with Gasteiger partial charge < -0.3 is 20.3 Å². The van der Waals surface area contributed by atoms with Crippen LogP contribution in [0, 0.1) is 12.3 Å². The fourth-order valence-corrected chi connectivity index (χ4v) is 3.42. The van der Waals surface area contributed by atoms with Crippen molar-refractivity contribution in [2.75, 3.05) is 30.8 Å². The summed E-state index contributed by atoms with van der Waals surface area (Å²) in [5, 5.41) is 14.5. The number of amides is 1. The number of ether oxygens (including phenoxy) is 1. The molecule has 3 aromatic rings. The van der Waals surface area contributed by atoms with E-state index in [1.54, 1.807) is 25.4 Å². The average Bonchev–Trinajstić information content (AvgIpc) is 2.93. The van der Waals surface area contributed by atoms with Crippen LogP contribution in [-0.4, -0.2) is 41.8 Å². The largest absolute Gasteiger partial charge is 0.497 e.